The maximum absolute atomic E-state index is 12.5. The second-order valence-corrected chi connectivity index (χ2v) is 6.21. The van der Waals surface area contributed by atoms with Crippen molar-refractivity contribution < 1.29 is 19.1 Å². The topological polar surface area (TPSA) is 59.1 Å². The molecular formula is C18H24N2O4. The Morgan fingerprint density at radius 2 is 2.21 bits per heavy atom. The van der Waals surface area contributed by atoms with Crippen molar-refractivity contribution in [3.63, 3.8) is 0 Å². The van der Waals surface area contributed by atoms with Crippen LogP contribution in [0.3, 0.4) is 0 Å². The van der Waals surface area contributed by atoms with Crippen molar-refractivity contribution in [2.24, 2.45) is 5.92 Å². The summed E-state index contributed by atoms with van der Waals surface area (Å²) in [5.41, 5.74) is 0.744. The maximum atomic E-state index is 12.5. The highest BCUT2D eigenvalue weighted by Gasteiger charge is 2.27. The molecule has 0 radical (unpaired) electrons. The predicted octanol–water partition coefficient (Wildman–Crippen LogP) is 1.69. The molecule has 1 atom stereocenters. The van der Waals surface area contributed by atoms with Gasteiger partial charge in [-0.2, -0.15) is 0 Å². The van der Waals surface area contributed by atoms with Crippen LogP contribution in [0.5, 0.6) is 5.75 Å². The lowest BCUT2D eigenvalue weighted by Gasteiger charge is -2.30. The number of carbonyl (C=O) groups excluding carboxylic acids is 2. The molecule has 1 saturated heterocycles. The molecule has 0 unspecified atom stereocenters. The fraction of sp³-hybridized carbons (Fsp3) is 0.556. The van der Waals surface area contributed by atoms with Gasteiger partial charge < -0.3 is 19.3 Å². The Kier molecular flexibility index (Phi) is 5.35. The largest absolute Gasteiger partial charge is 0.482 e. The minimum absolute atomic E-state index is 0.0299. The molecule has 3 rings (SSSR count). The molecule has 2 heterocycles. The second-order valence-electron chi connectivity index (χ2n) is 6.21. The molecular weight excluding hydrogens is 308 g/mol. The molecule has 2 aliphatic rings. The van der Waals surface area contributed by atoms with Crippen LogP contribution in [0.25, 0.3) is 0 Å². The number of hydrogen-bond acceptors (Lipinski definition) is 4. The zero-order chi connectivity index (χ0) is 16.9. The van der Waals surface area contributed by atoms with E-state index in [1.807, 2.05) is 36.1 Å². The van der Waals surface area contributed by atoms with Crippen LogP contribution in [-0.4, -0.2) is 56.2 Å². The third-order valence-electron chi connectivity index (χ3n) is 4.59. The van der Waals surface area contributed by atoms with Crippen LogP contribution in [0.1, 0.15) is 19.8 Å². The molecule has 1 fully saturated rings. The van der Waals surface area contributed by atoms with Crippen LogP contribution >= 0.6 is 0 Å². The van der Waals surface area contributed by atoms with Crippen LogP contribution in [-0.2, 0) is 14.3 Å². The lowest BCUT2D eigenvalue weighted by atomic mass is 10.1. The summed E-state index contributed by atoms with van der Waals surface area (Å²) in [5, 5.41) is 0. The minimum atomic E-state index is -0.103. The van der Waals surface area contributed by atoms with Gasteiger partial charge in [0.25, 0.3) is 5.91 Å². The van der Waals surface area contributed by atoms with Gasteiger partial charge >= 0.3 is 0 Å². The molecule has 0 N–H and O–H groups in total. The number of nitrogens with zero attached hydrogens (tertiary/aromatic N) is 2. The summed E-state index contributed by atoms with van der Waals surface area (Å²) in [6.07, 6.45) is 1.33. The van der Waals surface area contributed by atoms with E-state index in [1.54, 1.807) is 4.90 Å². The normalized spacial score (nSPS) is 19.8. The van der Waals surface area contributed by atoms with E-state index in [4.69, 9.17) is 9.47 Å². The van der Waals surface area contributed by atoms with Gasteiger partial charge in [0.05, 0.1) is 12.3 Å². The molecule has 130 valence electrons. The summed E-state index contributed by atoms with van der Waals surface area (Å²) in [6.45, 7) is 5.35. The summed E-state index contributed by atoms with van der Waals surface area (Å²) in [7, 11) is 0. The predicted molar refractivity (Wildman–Crippen MR) is 90.1 cm³/mol. The Morgan fingerprint density at radius 3 is 2.96 bits per heavy atom. The Balaban J connectivity index is 1.59. The van der Waals surface area contributed by atoms with E-state index in [0.717, 1.165) is 31.9 Å². The van der Waals surface area contributed by atoms with Gasteiger partial charge in [-0.1, -0.05) is 12.1 Å². The zero-order valence-corrected chi connectivity index (χ0v) is 14.1. The third kappa shape index (κ3) is 3.70. The number of para-hydroxylation sites is 2. The fourth-order valence-corrected chi connectivity index (χ4v) is 3.21. The van der Waals surface area contributed by atoms with Crippen LogP contribution in [0.2, 0.25) is 0 Å². The van der Waals surface area contributed by atoms with E-state index < -0.39 is 0 Å². The fourth-order valence-electron chi connectivity index (χ4n) is 3.21. The highest BCUT2D eigenvalue weighted by atomic mass is 16.5. The van der Waals surface area contributed by atoms with Crippen molar-refractivity contribution >= 4 is 17.5 Å². The third-order valence-corrected chi connectivity index (χ3v) is 4.59. The molecule has 2 aliphatic heterocycles. The molecule has 1 aromatic carbocycles. The summed E-state index contributed by atoms with van der Waals surface area (Å²) in [4.78, 5) is 28.2. The molecule has 24 heavy (non-hydrogen) atoms. The van der Waals surface area contributed by atoms with Gasteiger partial charge in [0.2, 0.25) is 5.91 Å². The molecule has 6 heteroatoms. The van der Waals surface area contributed by atoms with Crippen LogP contribution in [0.15, 0.2) is 24.3 Å². The Morgan fingerprint density at radius 1 is 1.38 bits per heavy atom. The van der Waals surface area contributed by atoms with E-state index in [-0.39, 0.29) is 18.4 Å². The Labute approximate surface area is 142 Å². The number of hydrogen-bond donors (Lipinski definition) is 0. The number of carbonyl (C=O) groups is 2. The summed E-state index contributed by atoms with van der Waals surface area (Å²) >= 11 is 0. The van der Waals surface area contributed by atoms with Crippen molar-refractivity contribution in [3.05, 3.63) is 24.3 Å². The van der Waals surface area contributed by atoms with Gasteiger partial charge in [0.1, 0.15) is 5.75 Å². The molecule has 1 aromatic rings. The number of anilines is 1. The molecule has 0 bridgehead atoms. The zero-order valence-electron chi connectivity index (χ0n) is 14.1. The number of amides is 2. The molecule has 0 aromatic heterocycles. The molecule has 0 aliphatic carbocycles. The van der Waals surface area contributed by atoms with E-state index in [9.17, 15) is 9.59 Å². The summed E-state index contributed by atoms with van der Waals surface area (Å²) < 4.78 is 10.8. The first-order valence-corrected chi connectivity index (χ1v) is 8.56. The van der Waals surface area contributed by atoms with Gasteiger partial charge in [-0.05, 0) is 25.5 Å². The average Bonchev–Trinajstić information content (AvgIpc) is 3.11. The van der Waals surface area contributed by atoms with Gasteiger partial charge in [0.15, 0.2) is 6.61 Å². The number of ether oxygens (including phenoxy) is 2. The smallest absolute Gasteiger partial charge is 0.265 e. The molecule has 0 spiro atoms. The van der Waals surface area contributed by atoms with Crippen molar-refractivity contribution in [1.82, 2.24) is 4.90 Å². The first kappa shape index (κ1) is 16.8. The number of fused-ring (bicyclic) bond motifs is 1. The van der Waals surface area contributed by atoms with Crippen molar-refractivity contribution in [3.8, 4) is 5.75 Å². The number of benzene rings is 1. The van der Waals surface area contributed by atoms with Crippen molar-refractivity contribution in [2.45, 2.75) is 19.8 Å². The van der Waals surface area contributed by atoms with Crippen molar-refractivity contribution in [2.75, 3.05) is 44.4 Å². The standard InChI is InChI=1S/C18H24N2O4/c1-2-19(11-14-8-10-23-12-14)17(21)7-9-20-15-5-3-4-6-16(15)24-13-18(20)22/h3-6,14H,2,7-13H2,1H3/t14-/m0/s1. The summed E-state index contributed by atoms with van der Waals surface area (Å²) in [6, 6.07) is 7.44. The molecule has 0 saturated carbocycles. The van der Waals surface area contributed by atoms with E-state index in [2.05, 4.69) is 0 Å². The van der Waals surface area contributed by atoms with Gasteiger partial charge in [-0.3, -0.25) is 9.59 Å². The molecule has 6 nitrogen and oxygen atoms in total. The maximum Gasteiger partial charge on any atom is 0.265 e. The SMILES string of the molecule is CCN(C[C@@H]1CCOC1)C(=O)CCN1C(=O)COc2ccccc21. The second kappa shape index (κ2) is 7.66. The van der Waals surface area contributed by atoms with Gasteiger partial charge in [0, 0.05) is 38.6 Å². The molecule has 2 amide bonds. The summed E-state index contributed by atoms with van der Waals surface area (Å²) in [5.74, 6) is 1.11. The van der Waals surface area contributed by atoms with E-state index in [0.29, 0.717) is 31.2 Å². The highest BCUT2D eigenvalue weighted by molar-refractivity contribution is 5.98. The first-order chi connectivity index (χ1) is 11.7. The monoisotopic (exact) mass is 332 g/mol. The quantitative estimate of drug-likeness (QED) is 0.795. The van der Waals surface area contributed by atoms with Crippen LogP contribution in [0, 0.1) is 5.92 Å². The number of rotatable bonds is 6. The van der Waals surface area contributed by atoms with Crippen LogP contribution in [0.4, 0.5) is 5.69 Å². The first-order valence-electron chi connectivity index (χ1n) is 8.56. The Hall–Kier alpha value is -2.08. The Bertz CT molecular complexity index is 598. The van der Waals surface area contributed by atoms with Crippen LogP contribution < -0.4 is 9.64 Å². The minimum Gasteiger partial charge on any atom is -0.482 e. The van der Waals surface area contributed by atoms with E-state index >= 15 is 0 Å². The van der Waals surface area contributed by atoms with Gasteiger partial charge in [-0.25, -0.2) is 0 Å². The highest BCUT2D eigenvalue weighted by Crippen LogP contribution is 2.31. The average molecular weight is 332 g/mol. The lowest BCUT2D eigenvalue weighted by Crippen LogP contribution is -2.42. The lowest BCUT2D eigenvalue weighted by molar-refractivity contribution is -0.131. The van der Waals surface area contributed by atoms with Crippen molar-refractivity contribution in [1.29, 1.82) is 0 Å². The van der Waals surface area contributed by atoms with E-state index in [1.165, 1.54) is 0 Å². The van der Waals surface area contributed by atoms with Gasteiger partial charge in [-0.15, -0.1) is 0 Å².